The van der Waals surface area contributed by atoms with Crippen molar-refractivity contribution in [3.63, 3.8) is 0 Å². The zero-order valence-electron chi connectivity index (χ0n) is 10.3. The van der Waals surface area contributed by atoms with Crippen LogP contribution in [0.15, 0.2) is 24.3 Å². The highest BCUT2D eigenvalue weighted by Crippen LogP contribution is 2.34. The summed E-state index contributed by atoms with van der Waals surface area (Å²) >= 11 is 0. The predicted octanol–water partition coefficient (Wildman–Crippen LogP) is 2.00. The largest absolute Gasteiger partial charge is 0.328 e. The summed E-state index contributed by atoms with van der Waals surface area (Å²) in [4.78, 5) is 2.41. The van der Waals surface area contributed by atoms with Crippen LogP contribution < -0.4 is 5.73 Å². The number of likely N-dealkylation sites (N-methyl/N-ethyl adjacent to an activating group) is 1. The normalized spacial score (nSPS) is 20.4. The van der Waals surface area contributed by atoms with Gasteiger partial charge in [-0.15, -0.1) is 0 Å². The van der Waals surface area contributed by atoms with Crippen molar-refractivity contribution in [2.75, 3.05) is 20.1 Å². The molecule has 1 aliphatic rings. The zero-order chi connectivity index (χ0) is 11.5. The van der Waals surface area contributed by atoms with E-state index in [0.29, 0.717) is 6.04 Å². The van der Waals surface area contributed by atoms with E-state index in [1.807, 2.05) is 0 Å². The standard InChI is InChI=1S/C14H22N2/c1-11(15)7-8-16(2)10-13-9-12-5-3-4-6-14(12)13/h3-6,11,13H,7-10,15H2,1-2H3. The van der Waals surface area contributed by atoms with E-state index >= 15 is 0 Å². The van der Waals surface area contributed by atoms with Crippen LogP contribution in [0.2, 0.25) is 0 Å². The van der Waals surface area contributed by atoms with Gasteiger partial charge in [-0.2, -0.15) is 0 Å². The number of rotatable bonds is 5. The Morgan fingerprint density at radius 1 is 1.44 bits per heavy atom. The minimum atomic E-state index is 0.316. The Morgan fingerprint density at radius 3 is 2.88 bits per heavy atom. The summed E-state index contributed by atoms with van der Waals surface area (Å²) in [5.74, 6) is 0.745. The van der Waals surface area contributed by atoms with Crippen molar-refractivity contribution in [1.29, 1.82) is 0 Å². The Hall–Kier alpha value is -0.860. The monoisotopic (exact) mass is 218 g/mol. The summed E-state index contributed by atoms with van der Waals surface area (Å²) in [6.07, 6.45) is 2.34. The Balaban J connectivity index is 1.80. The van der Waals surface area contributed by atoms with Gasteiger partial charge < -0.3 is 10.6 Å². The molecule has 0 saturated carbocycles. The molecule has 2 nitrogen and oxygen atoms in total. The van der Waals surface area contributed by atoms with Crippen LogP contribution in [-0.4, -0.2) is 31.1 Å². The van der Waals surface area contributed by atoms with Crippen molar-refractivity contribution in [3.05, 3.63) is 35.4 Å². The Labute approximate surface area is 98.4 Å². The van der Waals surface area contributed by atoms with Gasteiger partial charge in [0.15, 0.2) is 0 Å². The van der Waals surface area contributed by atoms with Gasteiger partial charge in [0.25, 0.3) is 0 Å². The van der Waals surface area contributed by atoms with Gasteiger partial charge in [-0.25, -0.2) is 0 Å². The van der Waals surface area contributed by atoms with Crippen molar-refractivity contribution in [2.24, 2.45) is 5.73 Å². The number of nitrogens with two attached hydrogens (primary N) is 1. The molecule has 0 aliphatic heterocycles. The first-order valence-corrected chi connectivity index (χ1v) is 6.18. The summed E-state index contributed by atoms with van der Waals surface area (Å²) < 4.78 is 0. The van der Waals surface area contributed by atoms with Crippen LogP contribution in [0.3, 0.4) is 0 Å². The van der Waals surface area contributed by atoms with Crippen LogP contribution in [0.5, 0.6) is 0 Å². The first-order valence-electron chi connectivity index (χ1n) is 6.18. The van der Waals surface area contributed by atoms with Crippen LogP contribution in [0.1, 0.15) is 30.4 Å². The Morgan fingerprint density at radius 2 is 2.19 bits per heavy atom. The lowest BCUT2D eigenvalue weighted by Gasteiger charge is -2.33. The first kappa shape index (κ1) is 11.6. The summed E-state index contributed by atoms with van der Waals surface area (Å²) in [6, 6.07) is 9.11. The van der Waals surface area contributed by atoms with Gasteiger partial charge in [-0.1, -0.05) is 24.3 Å². The Bertz CT molecular complexity index is 346. The number of hydrogen-bond donors (Lipinski definition) is 1. The topological polar surface area (TPSA) is 29.3 Å². The van der Waals surface area contributed by atoms with Gasteiger partial charge in [-0.3, -0.25) is 0 Å². The summed E-state index contributed by atoms with van der Waals surface area (Å²) in [6.45, 7) is 4.35. The van der Waals surface area contributed by atoms with Gasteiger partial charge >= 0.3 is 0 Å². The van der Waals surface area contributed by atoms with E-state index in [1.165, 1.54) is 18.5 Å². The van der Waals surface area contributed by atoms with E-state index in [4.69, 9.17) is 5.73 Å². The maximum absolute atomic E-state index is 5.77. The molecule has 0 radical (unpaired) electrons. The molecule has 2 N–H and O–H groups in total. The van der Waals surface area contributed by atoms with E-state index in [1.54, 1.807) is 5.56 Å². The van der Waals surface area contributed by atoms with E-state index in [9.17, 15) is 0 Å². The molecule has 0 amide bonds. The molecule has 1 aromatic rings. The second-order valence-electron chi connectivity index (χ2n) is 5.13. The molecule has 2 heteroatoms. The van der Waals surface area contributed by atoms with Crippen molar-refractivity contribution in [1.82, 2.24) is 4.90 Å². The third-order valence-corrected chi connectivity index (χ3v) is 3.46. The van der Waals surface area contributed by atoms with Gasteiger partial charge in [-0.05, 0) is 44.5 Å². The van der Waals surface area contributed by atoms with Gasteiger partial charge in [0, 0.05) is 18.5 Å². The van der Waals surface area contributed by atoms with E-state index in [-0.39, 0.29) is 0 Å². The van der Waals surface area contributed by atoms with Crippen LogP contribution in [-0.2, 0) is 6.42 Å². The molecule has 2 rings (SSSR count). The third-order valence-electron chi connectivity index (χ3n) is 3.46. The summed E-state index contributed by atoms with van der Waals surface area (Å²) in [7, 11) is 2.20. The van der Waals surface area contributed by atoms with Crippen molar-refractivity contribution >= 4 is 0 Å². The molecule has 0 fully saturated rings. The number of hydrogen-bond acceptors (Lipinski definition) is 2. The zero-order valence-corrected chi connectivity index (χ0v) is 10.3. The quantitative estimate of drug-likeness (QED) is 0.819. The van der Waals surface area contributed by atoms with Crippen molar-refractivity contribution in [3.8, 4) is 0 Å². The maximum atomic E-state index is 5.77. The molecule has 0 bridgehead atoms. The average Bonchev–Trinajstić information content (AvgIpc) is 2.23. The minimum absolute atomic E-state index is 0.316. The van der Waals surface area contributed by atoms with E-state index in [2.05, 4.69) is 43.1 Å². The average molecular weight is 218 g/mol. The highest BCUT2D eigenvalue weighted by molar-refractivity contribution is 5.40. The molecular weight excluding hydrogens is 196 g/mol. The molecule has 2 atom stereocenters. The molecule has 16 heavy (non-hydrogen) atoms. The molecule has 0 heterocycles. The lowest BCUT2D eigenvalue weighted by molar-refractivity contribution is 0.289. The fraction of sp³-hybridized carbons (Fsp3) is 0.571. The fourth-order valence-electron chi connectivity index (χ4n) is 2.42. The third kappa shape index (κ3) is 2.63. The SMILES string of the molecule is CC(N)CCN(C)CC1Cc2ccccc21. The van der Waals surface area contributed by atoms with Crippen LogP contribution in [0.4, 0.5) is 0 Å². The highest BCUT2D eigenvalue weighted by Gasteiger charge is 2.25. The molecule has 1 aliphatic carbocycles. The molecule has 0 spiro atoms. The number of benzene rings is 1. The number of fused-ring (bicyclic) bond motifs is 1. The smallest absolute Gasteiger partial charge is 0.00505 e. The highest BCUT2D eigenvalue weighted by atomic mass is 15.1. The fourth-order valence-corrected chi connectivity index (χ4v) is 2.42. The molecule has 88 valence electrons. The summed E-state index contributed by atoms with van der Waals surface area (Å²) in [5, 5.41) is 0. The van der Waals surface area contributed by atoms with Gasteiger partial charge in [0.05, 0.1) is 0 Å². The second-order valence-corrected chi connectivity index (χ2v) is 5.13. The maximum Gasteiger partial charge on any atom is 0.00505 e. The molecule has 2 unspecified atom stereocenters. The second kappa shape index (κ2) is 4.98. The molecule has 0 aromatic heterocycles. The van der Waals surface area contributed by atoms with E-state index in [0.717, 1.165) is 18.9 Å². The van der Waals surface area contributed by atoms with Crippen LogP contribution in [0.25, 0.3) is 0 Å². The minimum Gasteiger partial charge on any atom is -0.328 e. The van der Waals surface area contributed by atoms with Crippen molar-refractivity contribution < 1.29 is 0 Å². The predicted molar refractivity (Wildman–Crippen MR) is 68.7 cm³/mol. The lowest BCUT2D eigenvalue weighted by atomic mass is 9.77. The van der Waals surface area contributed by atoms with Crippen LogP contribution in [0, 0.1) is 0 Å². The number of nitrogens with zero attached hydrogens (tertiary/aromatic N) is 1. The molecule has 1 aromatic carbocycles. The van der Waals surface area contributed by atoms with Gasteiger partial charge in [0.1, 0.15) is 0 Å². The van der Waals surface area contributed by atoms with Gasteiger partial charge in [0.2, 0.25) is 0 Å². The summed E-state index contributed by atoms with van der Waals surface area (Å²) in [5.41, 5.74) is 8.85. The molecular formula is C14H22N2. The van der Waals surface area contributed by atoms with Crippen LogP contribution >= 0.6 is 0 Å². The Kier molecular flexibility index (Phi) is 3.62. The van der Waals surface area contributed by atoms with E-state index < -0.39 is 0 Å². The lowest BCUT2D eigenvalue weighted by Crippen LogP contribution is -2.33. The first-order chi connectivity index (χ1) is 7.66. The molecule has 0 saturated heterocycles. The van der Waals surface area contributed by atoms with Crippen molar-refractivity contribution in [2.45, 2.75) is 31.7 Å².